The lowest BCUT2D eigenvalue weighted by Crippen LogP contribution is -2.36. The second-order valence-electron chi connectivity index (χ2n) is 6.74. The van der Waals surface area contributed by atoms with Crippen molar-refractivity contribution in [1.29, 1.82) is 0 Å². The van der Waals surface area contributed by atoms with E-state index in [0.717, 1.165) is 25.4 Å². The van der Waals surface area contributed by atoms with Crippen LogP contribution < -0.4 is 5.73 Å². The number of fused-ring (bicyclic) bond motifs is 1. The van der Waals surface area contributed by atoms with Crippen molar-refractivity contribution < 1.29 is 4.74 Å². The van der Waals surface area contributed by atoms with E-state index in [9.17, 15) is 0 Å². The number of hydrogen-bond acceptors (Lipinski definition) is 2. The summed E-state index contributed by atoms with van der Waals surface area (Å²) < 4.78 is 6.01. The number of benzene rings is 1. The van der Waals surface area contributed by atoms with Gasteiger partial charge in [0.1, 0.15) is 0 Å². The van der Waals surface area contributed by atoms with E-state index in [2.05, 4.69) is 31.2 Å². The summed E-state index contributed by atoms with van der Waals surface area (Å²) in [7, 11) is 0. The first kappa shape index (κ1) is 14.1. The van der Waals surface area contributed by atoms with Gasteiger partial charge in [0.05, 0.1) is 12.7 Å². The lowest BCUT2D eigenvalue weighted by atomic mass is 9.77. The first-order valence-corrected chi connectivity index (χ1v) is 8.19. The van der Waals surface area contributed by atoms with Crippen molar-refractivity contribution in [2.24, 2.45) is 17.6 Å². The van der Waals surface area contributed by atoms with E-state index in [1.807, 2.05) is 0 Å². The minimum absolute atomic E-state index is 0.215. The Morgan fingerprint density at radius 2 is 2.15 bits per heavy atom. The Kier molecular flexibility index (Phi) is 4.42. The Morgan fingerprint density at radius 1 is 1.30 bits per heavy atom. The molecule has 2 aliphatic rings. The molecule has 110 valence electrons. The minimum Gasteiger partial charge on any atom is -0.373 e. The maximum atomic E-state index is 6.52. The molecule has 4 unspecified atom stereocenters. The molecule has 0 aromatic heterocycles. The molecule has 0 bridgehead atoms. The molecule has 1 heterocycles. The Labute approximate surface area is 122 Å². The van der Waals surface area contributed by atoms with Crippen LogP contribution in [0.3, 0.4) is 0 Å². The predicted octanol–water partition coefficient (Wildman–Crippen LogP) is 3.84. The molecule has 3 rings (SSSR count). The van der Waals surface area contributed by atoms with Crippen LogP contribution >= 0.6 is 0 Å². The number of rotatable bonds is 3. The summed E-state index contributed by atoms with van der Waals surface area (Å²) in [5.41, 5.74) is 9.34. The monoisotopic (exact) mass is 273 g/mol. The molecular formula is C18H27NO. The van der Waals surface area contributed by atoms with Gasteiger partial charge >= 0.3 is 0 Å². The zero-order chi connectivity index (χ0) is 13.9. The summed E-state index contributed by atoms with van der Waals surface area (Å²) in [6.45, 7) is 3.21. The molecule has 1 aromatic rings. The molecule has 2 nitrogen and oxygen atoms in total. The van der Waals surface area contributed by atoms with Gasteiger partial charge in [0.15, 0.2) is 0 Å². The fraction of sp³-hybridized carbons (Fsp3) is 0.667. The van der Waals surface area contributed by atoms with Crippen LogP contribution in [0.5, 0.6) is 0 Å². The van der Waals surface area contributed by atoms with Gasteiger partial charge < -0.3 is 10.5 Å². The third-order valence-corrected chi connectivity index (χ3v) is 5.16. The molecule has 0 saturated heterocycles. The molecule has 1 aliphatic carbocycles. The highest BCUT2D eigenvalue weighted by Crippen LogP contribution is 2.36. The van der Waals surface area contributed by atoms with Crippen molar-refractivity contribution in [1.82, 2.24) is 0 Å². The molecule has 1 aromatic carbocycles. The average Bonchev–Trinajstić information content (AvgIpc) is 2.47. The van der Waals surface area contributed by atoms with Gasteiger partial charge in [0.25, 0.3) is 0 Å². The van der Waals surface area contributed by atoms with Crippen LogP contribution in [0.15, 0.2) is 24.3 Å². The van der Waals surface area contributed by atoms with Crippen molar-refractivity contribution >= 4 is 0 Å². The van der Waals surface area contributed by atoms with Crippen LogP contribution in [-0.2, 0) is 11.2 Å². The normalized spacial score (nSPS) is 31.6. The zero-order valence-electron chi connectivity index (χ0n) is 12.6. The van der Waals surface area contributed by atoms with Gasteiger partial charge in [-0.05, 0) is 48.6 Å². The molecular weight excluding hydrogens is 246 g/mol. The van der Waals surface area contributed by atoms with Gasteiger partial charge in [0, 0.05) is 6.04 Å². The Morgan fingerprint density at radius 3 is 3.00 bits per heavy atom. The highest BCUT2D eigenvalue weighted by atomic mass is 16.5. The van der Waals surface area contributed by atoms with Crippen molar-refractivity contribution in [3.05, 3.63) is 35.4 Å². The second-order valence-corrected chi connectivity index (χ2v) is 6.74. The maximum absolute atomic E-state index is 6.52. The highest BCUT2D eigenvalue weighted by Gasteiger charge is 2.29. The summed E-state index contributed by atoms with van der Waals surface area (Å²) in [6, 6.07) is 8.99. The standard InChI is InChI=1S/C18H27NO/c1-13-5-4-7-15(11-13)17(19)12-18-16-8-3-2-6-14(16)9-10-20-18/h2-3,6,8,13,15,17-18H,4-5,7,9-12,19H2,1H3. The average molecular weight is 273 g/mol. The van der Waals surface area contributed by atoms with Crippen molar-refractivity contribution in [3.8, 4) is 0 Å². The number of hydrogen-bond donors (Lipinski definition) is 1. The van der Waals surface area contributed by atoms with Crippen molar-refractivity contribution in [2.45, 2.75) is 57.6 Å². The van der Waals surface area contributed by atoms with Gasteiger partial charge in [-0.15, -0.1) is 0 Å². The molecule has 2 heteroatoms. The summed E-state index contributed by atoms with van der Waals surface area (Å²) in [6.07, 6.45) is 7.58. The first-order valence-electron chi connectivity index (χ1n) is 8.19. The van der Waals surface area contributed by atoms with Crippen molar-refractivity contribution in [2.75, 3.05) is 6.61 Å². The maximum Gasteiger partial charge on any atom is 0.0842 e. The Hall–Kier alpha value is -0.860. The molecule has 20 heavy (non-hydrogen) atoms. The van der Waals surface area contributed by atoms with Crippen LogP contribution in [0.1, 0.15) is 56.3 Å². The molecule has 0 radical (unpaired) electrons. The topological polar surface area (TPSA) is 35.2 Å². The minimum atomic E-state index is 0.215. The van der Waals surface area contributed by atoms with Crippen LogP contribution in [0.4, 0.5) is 0 Å². The van der Waals surface area contributed by atoms with Gasteiger partial charge in [-0.1, -0.05) is 44.0 Å². The number of ether oxygens (including phenoxy) is 1. The van der Waals surface area contributed by atoms with Gasteiger partial charge in [0.2, 0.25) is 0 Å². The van der Waals surface area contributed by atoms with Crippen LogP contribution in [-0.4, -0.2) is 12.6 Å². The molecule has 1 aliphatic heterocycles. The second kappa shape index (κ2) is 6.28. The fourth-order valence-electron chi connectivity index (χ4n) is 3.98. The van der Waals surface area contributed by atoms with E-state index >= 15 is 0 Å². The van der Waals surface area contributed by atoms with Crippen LogP contribution in [0.2, 0.25) is 0 Å². The molecule has 0 amide bonds. The molecule has 4 atom stereocenters. The van der Waals surface area contributed by atoms with E-state index in [1.54, 1.807) is 0 Å². The van der Waals surface area contributed by atoms with E-state index in [1.165, 1.54) is 36.8 Å². The molecule has 0 spiro atoms. The van der Waals surface area contributed by atoms with E-state index in [-0.39, 0.29) is 12.1 Å². The smallest absolute Gasteiger partial charge is 0.0842 e. The van der Waals surface area contributed by atoms with Crippen molar-refractivity contribution in [3.63, 3.8) is 0 Å². The zero-order valence-corrected chi connectivity index (χ0v) is 12.6. The Bertz CT molecular complexity index is 445. The Balaban J connectivity index is 1.66. The molecule has 2 N–H and O–H groups in total. The largest absolute Gasteiger partial charge is 0.373 e. The number of nitrogens with two attached hydrogens (primary N) is 1. The van der Waals surface area contributed by atoms with Gasteiger partial charge in [-0.2, -0.15) is 0 Å². The predicted molar refractivity (Wildman–Crippen MR) is 82.6 cm³/mol. The first-order chi connectivity index (χ1) is 9.74. The third kappa shape index (κ3) is 3.07. The van der Waals surface area contributed by atoms with E-state index in [4.69, 9.17) is 10.5 Å². The summed E-state index contributed by atoms with van der Waals surface area (Å²) in [5.74, 6) is 1.54. The lowest BCUT2D eigenvalue weighted by Gasteiger charge is -2.34. The molecule has 1 saturated carbocycles. The quantitative estimate of drug-likeness (QED) is 0.908. The fourth-order valence-corrected chi connectivity index (χ4v) is 3.98. The van der Waals surface area contributed by atoms with Crippen LogP contribution in [0, 0.1) is 11.8 Å². The summed E-state index contributed by atoms with van der Waals surface area (Å²) >= 11 is 0. The molecule has 1 fully saturated rings. The van der Waals surface area contributed by atoms with E-state index < -0.39 is 0 Å². The van der Waals surface area contributed by atoms with Gasteiger partial charge in [-0.3, -0.25) is 0 Å². The van der Waals surface area contributed by atoms with Gasteiger partial charge in [-0.25, -0.2) is 0 Å². The third-order valence-electron chi connectivity index (χ3n) is 5.16. The summed E-state index contributed by atoms with van der Waals surface area (Å²) in [5, 5.41) is 0. The summed E-state index contributed by atoms with van der Waals surface area (Å²) in [4.78, 5) is 0. The SMILES string of the molecule is CC1CCCC(C(N)CC2OCCc3ccccc32)C1. The van der Waals surface area contributed by atoms with Crippen LogP contribution in [0.25, 0.3) is 0 Å². The lowest BCUT2D eigenvalue weighted by molar-refractivity contribution is 0.0253. The highest BCUT2D eigenvalue weighted by molar-refractivity contribution is 5.31. The van der Waals surface area contributed by atoms with E-state index in [0.29, 0.717) is 5.92 Å².